The molecule has 1 unspecified atom stereocenters. The molecule has 8 heteroatoms. The fourth-order valence-electron chi connectivity index (χ4n) is 4.69. The van der Waals surface area contributed by atoms with Gasteiger partial charge in [0, 0.05) is 6.04 Å². The highest BCUT2D eigenvalue weighted by Gasteiger charge is 2.47. The van der Waals surface area contributed by atoms with E-state index < -0.39 is 17.9 Å². The highest BCUT2D eigenvalue weighted by molar-refractivity contribution is 6.23. The van der Waals surface area contributed by atoms with E-state index in [1.165, 1.54) is 18.4 Å². The lowest BCUT2D eigenvalue weighted by atomic mass is 10.0. The predicted octanol–water partition coefficient (Wildman–Crippen LogP) is 3.95. The van der Waals surface area contributed by atoms with Gasteiger partial charge in [-0.25, -0.2) is 9.69 Å². The van der Waals surface area contributed by atoms with Crippen LogP contribution in [0, 0.1) is 0 Å². The Morgan fingerprint density at radius 3 is 2.36 bits per heavy atom. The number of esters is 1. The molecule has 174 valence electrons. The number of anilines is 1. The van der Waals surface area contributed by atoms with Crippen molar-refractivity contribution in [1.29, 1.82) is 0 Å². The molecule has 3 amide bonds. The van der Waals surface area contributed by atoms with E-state index in [9.17, 15) is 19.2 Å². The zero-order valence-electron chi connectivity index (χ0n) is 18.7. The standard InChI is InChI=1S/C25H28N2O6/c1-2-32-25(31)17-11-13-19(14-12-17)27-22(28)16-20(23(27)29)26(18-8-5-3-4-6-9-18)24(30)21-10-7-15-33-21/h7,10-15,18,20H,2-6,8-9,16H2,1H3. The summed E-state index contributed by atoms with van der Waals surface area (Å²) in [6, 6.07) is 8.36. The molecule has 0 spiro atoms. The van der Waals surface area contributed by atoms with E-state index >= 15 is 0 Å². The molecule has 0 N–H and O–H groups in total. The van der Waals surface area contributed by atoms with Crippen LogP contribution in [0.1, 0.15) is 72.8 Å². The van der Waals surface area contributed by atoms with Crippen LogP contribution in [0.25, 0.3) is 0 Å². The third-order valence-electron chi connectivity index (χ3n) is 6.28. The molecule has 1 saturated heterocycles. The van der Waals surface area contributed by atoms with Crippen molar-refractivity contribution in [1.82, 2.24) is 4.90 Å². The lowest BCUT2D eigenvalue weighted by Gasteiger charge is -2.34. The number of hydrogen-bond donors (Lipinski definition) is 0. The quantitative estimate of drug-likeness (QED) is 0.374. The first-order valence-corrected chi connectivity index (χ1v) is 11.5. The minimum atomic E-state index is -0.886. The first-order valence-electron chi connectivity index (χ1n) is 11.5. The molecule has 1 aliphatic carbocycles. The van der Waals surface area contributed by atoms with Crippen LogP contribution in [0.15, 0.2) is 47.1 Å². The van der Waals surface area contributed by atoms with Gasteiger partial charge in [0.05, 0.1) is 30.5 Å². The van der Waals surface area contributed by atoms with E-state index in [1.54, 1.807) is 36.1 Å². The Morgan fingerprint density at radius 2 is 1.76 bits per heavy atom. The van der Waals surface area contributed by atoms with Gasteiger partial charge in [-0.2, -0.15) is 0 Å². The van der Waals surface area contributed by atoms with Crippen LogP contribution in [0.5, 0.6) is 0 Å². The summed E-state index contributed by atoms with van der Waals surface area (Å²) in [5.41, 5.74) is 0.705. The Balaban J connectivity index is 1.61. The van der Waals surface area contributed by atoms with Crippen molar-refractivity contribution in [2.75, 3.05) is 11.5 Å². The van der Waals surface area contributed by atoms with Gasteiger partial charge in [0.25, 0.3) is 11.8 Å². The molecule has 1 atom stereocenters. The summed E-state index contributed by atoms with van der Waals surface area (Å²) in [5.74, 6) is -1.48. The minimum Gasteiger partial charge on any atom is -0.462 e. The molecule has 1 aliphatic heterocycles. The number of imide groups is 1. The normalized spacial score (nSPS) is 19.4. The molecule has 0 bridgehead atoms. The molecule has 0 radical (unpaired) electrons. The van der Waals surface area contributed by atoms with Crippen molar-refractivity contribution in [2.24, 2.45) is 0 Å². The van der Waals surface area contributed by atoms with Gasteiger partial charge in [0.15, 0.2) is 5.76 Å². The molecule has 1 aromatic carbocycles. The maximum absolute atomic E-state index is 13.5. The lowest BCUT2D eigenvalue weighted by molar-refractivity contribution is -0.123. The number of benzene rings is 1. The summed E-state index contributed by atoms with van der Waals surface area (Å²) >= 11 is 0. The SMILES string of the molecule is CCOC(=O)c1ccc(N2C(=O)CC(N(C(=O)c3ccco3)C3CCCCCC3)C2=O)cc1. The van der Waals surface area contributed by atoms with E-state index in [0.717, 1.165) is 43.4 Å². The van der Waals surface area contributed by atoms with E-state index in [4.69, 9.17) is 9.15 Å². The van der Waals surface area contributed by atoms with Gasteiger partial charge >= 0.3 is 5.97 Å². The summed E-state index contributed by atoms with van der Waals surface area (Å²) in [5, 5.41) is 0. The van der Waals surface area contributed by atoms with Gasteiger partial charge < -0.3 is 14.1 Å². The number of carbonyl (C=O) groups is 4. The molecule has 2 heterocycles. The number of furan rings is 1. The van der Waals surface area contributed by atoms with E-state index in [-0.39, 0.29) is 36.6 Å². The third-order valence-corrected chi connectivity index (χ3v) is 6.28. The summed E-state index contributed by atoms with van der Waals surface area (Å²) in [4.78, 5) is 54.4. The van der Waals surface area contributed by atoms with Crippen LogP contribution in [0.3, 0.4) is 0 Å². The Kier molecular flexibility index (Phi) is 6.91. The highest BCUT2D eigenvalue weighted by atomic mass is 16.5. The molecule has 33 heavy (non-hydrogen) atoms. The van der Waals surface area contributed by atoms with Crippen LogP contribution in [0.2, 0.25) is 0 Å². The van der Waals surface area contributed by atoms with Crippen molar-refractivity contribution in [2.45, 2.75) is 64.0 Å². The first kappa shape index (κ1) is 22.8. The van der Waals surface area contributed by atoms with Gasteiger partial charge in [-0.15, -0.1) is 0 Å². The maximum Gasteiger partial charge on any atom is 0.338 e. The number of ether oxygens (including phenoxy) is 1. The highest BCUT2D eigenvalue weighted by Crippen LogP contribution is 2.32. The second-order valence-electron chi connectivity index (χ2n) is 8.39. The lowest BCUT2D eigenvalue weighted by Crippen LogP contribution is -2.50. The number of hydrogen-bond acceptors (Lipinski definition) is 6. The zero-order chi connectivity index (χ0) is 23.4. The van der Waals surface area contributed by atoms with Crippen molar-refractivity contribution in [3.8, 4) is 0 Å². The fourth-order valence-corrected chi connectivity index (χ4v) is 4.69. The third kappa shape index (κ3) is 4.69. The van der Waals surface area contributed by atoms with Crippen molar-refractivity contribution in [3.05, 3.63) is 54.0 Å². The van der Waals surface area contributed by atoms with E-state index in [2.05, 4.69) is 0 Å². The van der Waals surface area contributed by atoms with Crippen molar-refractivity contribution < 1.29 is 28.3 Å². The van der Waals surface area contributed by atoms with Crippen LogP contribution < -0.4 is 4.90 Å². The number of nitrogens with zero attached hydrogens (tertiary/aromatic N) is 2. The Hall–Kier alpha value is -3.42. The molecule has 4 rings (SSSR count). The molecule has 2 fully saturated rings. The van der Waals surface area contributed by atoms with E-state index in [1.807, 2.05) is 0 Å². The summed E-state index contributed by atoms with van der Waals surface area (Å²) in [6.45, 7) is 1.98. The average molecular weight is 453 g/mol. The smallest absolute Gasteiger partial charge is 0.338 e. The zero-order valence-corrected chi connectivity index (χ0v) is 18.7. The van der Waals surface area contributed by atoms with Crippen molar-refractivity contribution >= 4 is 29.4 Å². The van der Waals surface area contributed by atoms with Gasteiger partial charge in [-0.05, 0) is 56.2 Å². The Morgan fingerprint density at radius 1 is 1.06 bits per heavy atom. The molecule has 2 aliphatic rings. The van der Waals surface area contributed by atoms with Crippen LogP contribution >= 0.6 is 0 Å². The summed E-state index contributed by atoms with van der Waals surface area (Å²) in [7, 11) is 0. The second kappa shape index (κ2) is 10.0. The molecule has 1 aromatic heterocycles. The topological polar surface area (TPSA) is 97.1 Å². The molecular formula is C25H28N2O6. The van der Waals surface area contributed by atoms with Gasteiger partial charge in [0.1, 0.15) is 6.04 Å². The Bertz CT molecular complexity index is 1010. The van der Waals surface area contributed by atoms with E-state index in [0.29, 0.717) is 11.3 Å². The fraction of sp³-hybridized carbons (Fsp3) is 0.440. The maximum atomic E-state index is 13.5. The van der Waals surface area contributed by atoms with Gasteiger partial charge in [-0.1, -0.05) is 25.7 Å². The molecule has 1 saturated carbocycles. The van der Waals surface area contributed by atoms with Crippen molar-refractivity contribution in [3.63, 3.8) is 0 Å². The Labute approximate surface area is 192 Å². The summed E-state index contributed by atoms with van der Waals surface area (Å²) in [6.07, 6.45) is 7.06. The average Bonchev–Trinajstić information content (AvgIpc) is 3.35. The molecule has 2 aromatic rings. The first-order chi connectivity index (χ1) is 16.0. The monoisotopic (exact) mass is 452 g/mol. The van der Waals surface area contributed by atoms with Crippen LogP contribution in [-0.2, 0) is 14.3 Å². The predicted molar refractivity (Wildman–Crippen MR) is 120 cm³/mol. The number of amides is 3. The minimum absolute atomic E-state index is 0.0819. The number of carbonyl (C=O) groups excluding carboxylic acids is 4. The van der Waals surface area contributed by atoms with Crippen LogP contribution in [-0.4, -0.2) is 47.3 Å². The van der Waals surface area contributed by atoms with Gasteiger partial charge in [-0.3, -0.25) is 14.4 Å². The molecular weight excluding hydrogens is 424 g/mol. The summed E-state index contributed by atoms with van der Waals surface area (Å²) < 4.78 is 10.3. The largest absolute Gasteiger partial charge is 0.462 e. The molecule has 8 nitrogen and oxygen atoms in total. The number of rotatable bonds is 6. The second-order valence-corrected chi connectivity index (χ2v) is 8.39. The van der Waals surface area contributed by atoms with Crippen LogP contribution in [0.4, 0.5) is 5.69 Å². The van der Waals surface area contributed by atoms with Gasteiger partial charge in [0.2, 0.25) is 5.91 Å².